The van der Waals surface area contributed by atoms with Crippen LogP contribution in [0, 0.1) is 5.41 Å². The van der Waals surface area contributed by atoms with E-state index in [0.29, 0.717) is 0 Å². The van der Waals surface area contributed by atoms with Gasteiger partial charge in [0.1, 0.15) is 0 Å². The van der Waals surface area contributed by atoms with Gasteiger partial charge < -0.3 is 5.73 Å². The Morgan fingerprint density at radius 3 is 2.43 bits per heavy atom. The predicted molar refractivity (Wildman–Crippen MR) is 48.9 cm³/mol. The number of primary amides is 1. The van der Waals surface area contributed by atoms with Crippen molar-refractivity contribution in [3.8, 4) is 0 Å². The van der Waals surface area contributed by atoms with Gasteiger partial charge in [0.2, 0.25) is 17.7 Å². The highest BCUT2D eigenvalue weighted by Gasteiger charge is 2.44. The van der Waals surface area contributed by atoms with Crippen LogP contribution in [-0.4, -0.2) is 29.2 Å². The van der Waals surface area contributed by atoms with E-state index in [9.17, 15) is 14.4 Å². The second-order valence-electron chi connectivity index (χ2n) is 4.13. The molecule has 0 aromatic carbocycles. The summed E-state index contributed by atoms with van der Waals surface area (Å²) in [5.74, 6) is -0.944. The highest BCUT2D eigenvalue weighted by molar-refractivity contribution is 6.05. The topological polar surface area (TPSA) is 80.5 Å². The van der Waals surface area contributed by atoms with Crippen LogP contribution in [0.4, 0.5) is 0 Å². The Morgan fingerprint density at radius 2 is 2.07 bits per heavy atom. The van der Waals surface area contributed by atoms with E-state index < -0.39 is 11.3 Å². The molecule has 0 bridgehead atoms. The normalized spacial score (nSPS) is 20.3. The number of carbonyl (C=O) groups excluding carboxylic acids is 3. The van der Waals surface area contributed by atoms with Crippen LogP contribution >= 0.6 is 0 Å². The zero-order chi connectivity index (χ0) is 10.9. The lowest BCUT2D eigenvalue weighted by Gasteiger charge is -2.16. The number of likely N-dealkylation sites (tertiary alicyclic amines) is 1. The van der Waals surface area contributed by atoms with Crippen molar-refractivity contribution >= 4 is 17.7 Å². The Hall–Kier alpha value is -1.39. The smallest absolute Gasteiger partial charge is 0.235 e. The molecule has 0 spiro atoms. The van der Waals surface area contributed by atoms with Gasteiger partial charge in [-0.1, -0.05) is 13.8 Å². The van der Waals surface area contributed by atoms with E-state index in [0.717, 1.165) is 4.90 Å². The maximum atomic E-state index is 11.6. The van der Waals surface area contributed by atoms with Gasteiger partial charge in [-0.05, 0) is 0 Å². The summed E-state index contributed by atoms with van der Waals surface area (Å²) in [7, 11) is 0. The highest BCUT2D eigenvalue weighted by Crippen LogP contribution is 2.31. The minimum atomic E-state index is -0.630. The van der Waals surface area contributed by atoms with Crippen molar-refractivity contribution in [2.24, 2.45) is 11.1 Å². The largest absolute Gasteiger partial charge is 0.370 e. The SMILES string of the molecule is CC1(C)CC(=O)N(CCC(N)=O)C1=O. The molecule has 2 N–H and O–H groups in total. The average Bonchev–Trinajstić information content (AvgIpc) is 2.19. The quantitative estimate of drug-likeness (QED) is 0.629. The molecule has 0 aliphatic carbocycles. The van der Waals surface area contributed by atoms with E-state index in [1.54, 1.807) is 13.8 Å². The van der Waals surface area contributed by atoms with Crippen LogP contribution in [0.1, 0.15) is 26.7 Å². The van der Waals surface area contributed by atoms with Gasteiger partial charge in [-0.3, -0.25) is 19.3 Å². The lowest BCUT2D eigenvalue weighted by atomic mass is 9.92. The van der Waals surface area contributed by atoms with E-state index in [1.807, 2.05) is 0 Å². The Bertz CT molecular complexity index is 296. The Balaban J connectivity index is 2.67. The van der Waals surface area contributed by atoms with Crippen LogP contribution < -0.4 is 5.73 Å². The number of amides is 3. The molecule has 0 aromatic heterocycles. The molecule has 1 aliphatic rings. The Kier molecular flexibility index (Phi) is 2.59. The second kappa shape index (κ2) is 3.40. The van der Waals surface area contributed by atoms with E-state index >= 15 is 0 Å². The number of nitrogens with two attached hydrogens (primary N) is 1. The fourth-order valence-electron chi connectivity index (χ4n) is 1.48. The molecule has 1 fully saturated rings. The minimum Gasteiger partial charge on any atom is -0.370 e. The summed E-state index contributed by atoms with van der Waals surface area (Å²) in [6, 6.07) is 0. The van der Waals surface area contributed by atoms with Crippen LogP contribution in [-0.2, 0) is 14.4 Å². The van der Waals surface area contributed by atoms with Crippen molar-refractivity contribution in [3.63, 3.8) is 0 Å². The minimum absolute atomic E-state index is 0.0353. The van der Waals surface area contributed by atoms with Gasteiger partial charge in [-0.15, -0.1) is 0 Å². The van der Waals surface area contributed by atoms with E-state index in [4.69, 9.17) is 5.73 Å². The van der Waals surface area contributed by atoms with Crippen LogP contribution in [0.3, 0.4) is 0 Å². The third-order valence-electron chi connectivity index (χ3n) is 2.30. The third-order valence-corrected chi connectivity index (χ3v) is 2.30. The first-order valence-corrected chi connectivity index (χ1v) is 4.48. The standard InChI is InChI=1S/C9H14N2O3/c1-9(2)5-7(13)11(8(9)14)4-3-6(10)12/h3-5H2,1-2H3,(H2,10,12). The average molecular weight is 198 g/mol. The van der Waals surface area contributed by atoms with Gasteiger partial charge >= 0.3 is 0 Å². The summed E-state index contributed by atoms with van der Waals surface area (Å²) >= 11 is 0. The molecule has 0 unspecified atom stereocenters. The molecular formula is C9H14N2O3. The molecular weight excluding hydrogens is 184 g/mol. The number of nitrogens with zero attached hydrogens (tertiary/aromatic N) is 1. The molecule has 0 radical (unpaired) electrons. The van der Waals surface area contributed by atoms with Crippen molar-refractivity contribution in [2.75, 3.05) is 6.54 Å². The molecule has 5 heteroatoms. The third kappa shape index (κ3) is 1.92. The maximum Gasteiger partial charge on any atom is 0.235 e. The molecule has 0 atom stereocenters. The summed E-state index contributed by atoms with van der Waals surface area (Å²) in [5, 5.41) is 0. The first-order valence-electron chi connectivity index (χ1n) is 4.48. The summed E-state index contributed by atoms with van der Waals surface area (Å²) < 4.78 is 0. The molecule has 1 aliphatic heterocycles. The van der Waals surface area contributed by atoms with Gasteiger partial charge in [0, 0.05) is 19.4 Å². The zero-order valence-electron chi connectivity index (χ0n) is 8.37. The van der Waals surface area contributed by atoms with E-state index in [-0.39, 0.29) is 31.2 Å². The van der Waals surface area contributed by atoms with Crippen LogP contribution in [0.5, 0.6) is 0 Å². The van der Waals surface area contributed by atoms with Crippen molar-refractivity contribution < 1.29 is 14.4 Å². The Labute approximate surface area is 82.2 Å². The van der Waals surface area contributed by atoms with Gasteiger partial charge in [-0.2, -0.15) is 0 Å². The van der Waals surface area contributed by atoms with Gasteiger partial charge in [0.25, 0.3) is 0 Å². The lowest BCUT2D eigenvalue weighted by Crippen LogP contribution is -2.35. The molecule has 1 heterocycles. The first-order chi connectivity index (χ1) is 6.34. The molecule has 78 valence electrons. The molecule has 14 heavy (non-hydrogen) atoms. The number of hydrogen-bond donors (Lipinski definition) is 1. The number of rotatable bonds is 3. The summed E-state index contributed by atoms with van der Waals surface area (Å²) in [4.78, 5) is 34.6. The number of carbonyl (C=O) groups is 3. The fourth-order valence-corrected chi connectivity index (χ4v) is 1.48. The van der Waals surface area contributed by atoms with Crippen molar-refractivity contribution in [1.82, 2.24) is 4.90 Å². The van der Waals surface area contributed by atoms with Gasteiger partial charge in [0.05, 0.1) is 5.41 Å². The molecule has 0 saturated carbocycles. The van der Waals surface area contributed by atoms with Crippen molar-refractivity contribution in [1.29, 1.82) is 0 Å². The van der Waals surface area contributed by atoms with Gasteiger partial charge in [-0.25, -0.2) is 0 Å². The molecule has 3 amide bonds. The number of imide groups is 1. The lowest BCUT2D eigenvalue weighted by molar-refractivity contribution is -0.141. The maximum absolute atomic E-state index is 11.6. The predicted octanol–water partition coefficient (Wildman–Crippen LogP) is -0.353. The highest BCUT2D eigenvalue weighted by atomic mass is 16.2. The van der Waals surface area contributed by atoms with Gasteiger partial charge in [0.15, 0.2) is 0 Å². The summed E-state index contributed by atoms with van der Waals surface area (Å²) in [5.41, 5.74) is 4.31. The van der Waals surface area contributed by atoms with E-state index in [1.165, 1.54) is 0 Å². The molecule has 0 aromatic rings. The molecule has 5 nitrogen and oxygen atoms in total. The van der Waals surface area contributed by atoms with Crippen LogP contribution in [0.15, 0.2) is 0 Å². The molecule has 1 rings (SSSR count). The first kappa shape index (κ1) is 10.7. The monoisotopic (exact) mass is 198 g/mol. The summed E-state index contributed by atoms with van der Waals surface area (Å²) in [6.07, 6.45) is 0.248. The Morgan fingerprint density at radius 1 is 1.50 bits per heavy atom. The van der Waals surface area contributed by atoms with E-state index in [2.05, 4.69) is 0 Å². The van der Waals surface area contributed by atoms with Crippen LogP contribution in [0.2, 0.25) is 0 Å². The van der Waals surface area contributed by atoms with Crippen molar-refractivity contribution in [3.05, 3.63) is 0 Å². The molecule has 1 saturated heterocycles. The number of hydrogen-bond acceptors (Lipinski definition) is 3. The summed E-state index contributed by atoms with van der Waals surface area (Å²) in [6.45, 7) is 3.55. The zero-order valence-corrected chi connectivity index (χ0v) is 8.37. The van der Waals surface area contributed by atoms with Crippen molar-refractivity contribution in [2.45, 2.75) is 26.7 Å². The van der Waals surface area contributed by atoms with Crippen LogP contribution in [0.25, 0.3) is 0 Å². The second-order valence-corrected chi connectivity index (χ2v) is 4.13. The fraction of sp³-hybridized carbons (Fsp3) is 0.667.